The van der Waals surface area contributed by atoms with Crippen LogP contribution in [0.15, 0.2) is 70.7 Å². The summed E-state index contributed by atoms with van der Waals surface area (Å²) >= 11 is 1.28. The number of hydrazone groups is 1. The van der Waals surface area contributed by atoms with Crippen LogP contribution >= 0.6 is 11.3 Å². The molecule has 0 saturated carbocycles. The van der Waals surface area contributed by atoms with Crippen LogP contribution in [0.4, 0.5) is 5.69 Å². The van der Waals surface area contributed by atoms with Crippen LogP contribution in [0.1, 0.15) is 39.4 Å². The molecular weight excluding hydrogens is 456 g/mol. The average Bonchev–Trinajstić information content (AvgIpc) is 3.46. The number of amides is 1. The molecule has 0 spiro atoms. The lowest BCUT2D eigenvalue weighted by Gasteiger charge is -2.13. The molecule has 0 bridgehead atoms. The van der Waals surface area contributed by atoms with Crippen LogP contribution in [0, 0.1) is 0 Å². The lowest BCUT2D eigenvalue weighted by atomic mass is 10.1. The number of carboxylic acid groups (broad SMARTS) is 1. The Morgan fingerprint density at radius 3 is 2.53 bits per heavy atom. The quantitative estimate of drug-likeness (QED) is 0.294. The van der Waals surface area contributed by atoms with Crippen LogP contribution in [0.3, 0.4) is 0 Å². The maximum absolute atomic E-state index is 13.0. The molecule has 4 rings (SSSR count). The molecule has 3 aromatic rings. The van der Waals surface area contributed by atoms with Crippen LogP contribution < -0.4 is 19.6 Å². The molecule has 1 amide bonds. The third-order valence-electron chi connectivity index (χ3n) is 4.91. The molecule has 0 radical (unpaired) electrons. The lowest BCUT2D eigenvalue weighted by Crippen LogP contribution is -2.23. The van der Waals surface area contributed by atoms with Gasteiger partial charge in [0.05, 0.1) is 29.5 Å². The summed E-state index contributed by atoms with van der Waals surface area (Å²) in [7, 11) is 0. The van der Waals surface area contributed by atoms with Gasteiger partial charge < -0.3 is 19.4 Å². The number of benzene rings is 2. The molecule has 0 N–H and O–H groups in total. The summed E-state index contributed by atoms with van der Waals surface area (Å²) in [5.41, 5.74) is 1.97. The van der Waals surface area contributed by atoms with E-state index < -0.39 is 11.9 Å². The van der Waals surface area contributed by atoms with Gasteiger partial charge in [-0.2, -0.15) is 10.1 Å². The topological polar surface area (TPSA) is 108 Å². The summed E-state index contributed by atoms with van der Waals surface area (Å²) in [6, 6.07) is 14.2. The number of esters is 1. The highest BCUT2D eigenvalue weighted by molar-refractivity contribution is 7.12. The number of thiophene rings is 1. The highest BCUT2D eigenvalue weighted by atomic mass is 32.1. The highest BCUT2D eigenvalue weighted by Crippen LogP contribution is 2.32. The van der Waals surface area contributed by atoms with Gasteiger partial charge in [0.1, 0.15) is 4.88 Å². The van der Waals surface area contributed by atoms with Crippen molar-refractivity contribution in [3.05, 3.63) is 81.6 Å². The zero-order valence-electron chi connectivity index (χ0n) is 18.3. The van der Waals surface area contributed by atoms with E-state index in [1.54, 1.807) is 48.7 Å². The summed E-state index contributed by atoms with van der Waals surface area (Å²) < 4.78 is 11.1. The zero-order valence-corrected chi connectivity index (χ0v) is 19.1. The Morgan fingerprint density at radius 1 is 1.12 bits per heavy atom. The van der Waals surface area contributed by atoms with Crippen molar-refractivity contribution in [1.82, 2.24) is 0 Å². The van der Waals surface area contributed by atoms with Gasteiger partial charge in [-0.15, -0.1) is 11.3 Å². The standard InChI is InChI=1S/C25H20N2O6S/c1-3-32-21-14-16(6-11-20(21)33-25(31)22-5-4-12-34-22)13-19-15(2)26-27(23(19)28)18-9-7-17(8-10-18)24(29)30/h4-14H,3H2,1-2H3,(H,29,30)/p-1/b19-13+. The molecular formula is C25H19N2O6S-. The van der Waals surface area contributed by atoms with Gasteiger partial charge in [0.2, 0.25) is 0 Å². The van der Waals surface area contributed by atoms with Crippen molar-refractivity contribution < 1.29 is 29.0 Å². The normalized spacial score (nSPS) is 14.3. The molecule has 0 atom stereocenters. The average molecular weight is 476 g/mol. The van der Waals surface area contributed by atoms with Crippen molar-refractivity contribution in [2.75, 3.05) is 11.6 Å². The summed E-state index contributed by atoms with van der Waals surface area (Å²) in [6.45, 7) is 3.88. The smallest absolute Gasteiger partial charge is 0.353 e. The van der Waals surface area contributed by atoms with E-state index in [2.05, 4.69) is 5.10 Å². The van der Waals surface area contributed by atoms with E-state index in [9.17, 15) is 19.5 Å². The van der Waals surface area contributed by atoms with Crippen LogP contribution in [0.2, 0.25) is 0 Å². The summed E-state index contributed by atoms with van der Waals surface area (Å²) in [5.74, 6) is -1.48. The van der Waals surface area contributed by atoms with E-state index in [0.29, 0.717) is 39.8 Å². The number of hydrogen-bond donors (Lipinski definition) is 0. The molecule has 0 aliphatic carbocycles. The van der Waals surface area contributed by atoms with Gasteiger partial charge >= 0.3 is 5.97 Å². The number of anilines is 1. The molecule has 0 fully saturated rings. The number of ether oxygens (including phenoxy) is 2. The Bertz CT molecular complexity index is 1310. The fourth-order valence-corrected chi connectivity index (χ4v) is 3.88. The first-order valence-corrected chi connectivity index (χ1v) is 11.2. The molecule has 2 aromatic carbocycles. The predicted molar refractivity (Wildman–Crippen MR) is 126 cm³/mol. The van der Waals surface area contributed by atoms with Crippen molar-refractivity contribution in [3.63, 3.8) is 0 Å². The predicted octanol–water partition coefficient (Wildman–Crippen LogP) is 3.54. The van der Waals surface area contributed by atoms with E-state index in [4.69, 9.17) is 9.47 Å². The van der Waals surface area contributed by atoms with Gasteiger partial charge in [0.25, 0.3) is 5.91 Å². The monoisotopic (exact) mass is 475 g/mol. The Hall–Kier alpha value is -4.24. The van der Waals surface area contributed by atoms with E-state index in [0.717, 1.165) is 0 Å². The molecule has 0 unspecified atom stereocenters. The summed E-state index contributed by atoms with van der Waals surface area (Å²) in [5, 5.41) is 18.3. The Balaban J connectivity index is 1.58. The maximum Gasteiger partial charge on any atom is 0.353 e. The van der Waals surface area contributed by atoms with E-state index in [-0.39, 0.29) is 17.2 Å². The van der Waals surface area contributed by atoms with Crippen molar-refractivity contribution in [2.45, 2.75) is 13.8 Å². The number of nitrogens with zero attached hydrogens (tertiary/aromatic N) is 2. The van der Waals surface area contributed by atoms with Gasteiger partial charge in [-0.25, -0.2) is 4.79 Å². The maximum atomic E-state index is 13.0. The zero-order chi connectivity index (χ0) is 24.2. The first kappa shape index (κ1) is 22.9. The molecule has 172 valence electrons. The molecule has 1 aromatic heterocycles. The molecule has 1 aliphatic heterocycles. The van der Waals surface area contributed by atoms with Crippen molar-refractivity contribution in [1.29, 1.82) is 0 Å². The first-order chi connectivity index (χ1) is 16.4. The van der Waals surface area contributed by atoms with Crippen LogP contribution in [0.25, 0.3) is 6.08 Å². The first-order valence-electron chi connectivity index (χ1n) is 10.3. The molecule has 34 heavy (non-hydrogen) atoms. The van der Waals surface area contributed by atoms with Gasteiger partial charge in [-0.05, 0) is 66.8 Å². The summed E-state index contributed by atoms with van der Waals surface area (Å²) in [4.78, 5) is 36.8. The number of carbonyl (C=O) groups excluding carboxylic acids is 3. The minimum atomic E-state index is -1.30. The second-order valence-electron chi connectivity index (χ2n) is 7.20. The Morgan fingerprint density at radius 2 is 1.88 bits per heavy atom. The largest absolute Gasteiger partial charge is 0.545 e. The van der Waals surface area contributed by atoms with Crippen LogP contribution in [-0.4, -0.2) is 30.2 Å². The van der Waals surface area contributed by atoms with E-state index in [1.165, 1.54) is 40.6 Å². The van der Waals surface area contributed by atoms with Gasteiger partial charge in [-0.1, -0.05) is 24.3 Å². The number of aromatic carboxylic acids is 1. The van der Waals surface area contributed by atoms with Crippen molar-refractivity contribution in [2.24, 2.45) is 5.10 Å². The van der Waals surface area contributed by atoms with Crippen molar-refractivity contribution >= 4 is 46.7 Å². The molecule has 1 aliphatic rings. The minimum absolute atomic E-state index is 0.00943. The Labute approximate surface area is 199 Å². The van der Waals surface area contributed by atoms with Crippen LogP contribution in [0.5, 0.6) is 11.5 Å². The number of carbonyl (C=O) groups is 3. The van der Waals surface area contributed by atoms with Crippen LogP contribution in [-0.2, 0) is 4.79 Å². The molecule has 2 heterocycles. The number of rotatable bonds is 7. The van der Waals surface area contributed by atoms with Gasteiger partial charge in [-0.3, -0.25) is 4.79 Å². The highest BCUT2D eigenvalue weighted by Gasteiger charge is 2.28. The minimum Gasteiger partial charge on any atom is -0.545 e. The number of hydrogen-bond acceptors (Lipinski definition) is 8. The lowest BCUT2D eigenvalue weighted by molar-refractivity contribution is -0.255. The van der Waals surface area contributed by atoms with E-state index >= 15 is 0 Å². The second kappa shape index (κ2) is 9.72. The second-order valence-corrected chi connectivity index (χ2v) is 8.15. The molecule has 0 saturated heterocycles. The molecule has 9 heteroatoms. The fourth-order valence-electron chi connectivity index (χ4n) is 3.28. The van der Waals surface area contributed by atoms with Gasteiger partial charge in [0.15, 0.2) is 11.5 Å². The Kier molecular flexibility index (Phi) is 6.55. The summed E-state index contributed by atoms with van der Waals surface area (Å²) in [6.07, 6.45) is 1.67. The van der Waals surface area contributed by atoms with Gasteiger partial charge in [0, 0.05) is 0 Å². The SMILES string of the molecule is CCOc1cc(/C=C2/C(=O)N(c3ccc(C(=O)[O-])cc3)N=C2C)ccc1OC(=O)c1cccs1. The third-order valence-corrected chi connectivity index (χ3v) is 5.76. The van der Waals surface area contributed by atoms with Crippen molar-refractivity contribution in [3.8, 4) is 11.5 Å². The van der Waals surface area contributed by atoms with E-state index in [1.807, 2.05) is 6.92 Å². The third kappa shape index (κ3) is 4.74. The molecule has 8 nitrogen and oxygen atoms in total. The number of carboxylic acids is 1. The fraction of sp³-hybridized carbons (Fsp3) is 0.120.